The number of hydrogen-bond acceptors (Lipinski definition) is 4. The molecule has 0 fully saturated rings. The van der Waals surface area contributed by atoms with Crippen LogP contribution in [0.4, 0.5) is 8.78 Å². The van der Waals surface area contributed by atoms with Crippen LogP contribution in [0.15, 0.2) is 47.4 Å². The molecule has 1 unspecified atom stereocenters. The lowest BCUT2D eigenvalue weighted by Gasteiger charge is -2.15. The Morgan fingerprint density at radius 2 is 1.71 bits per heavy atom. The number of rotatable bonds is 11. The number of ether oxygens (including phenoxy) is 1. The van der Waals surface area contributed by atoms with Gasteiger partial charge >= 0.3 is 0 Å². The fourth-order valence-corrected chi connectivity index (χ4v) is 3.88. The Balaban J connectivity index is 1.73. The van der Waals surface area contributed by atoms with Crippen LogP contribution in [0.5, 0.6) is 5.75 Å². The highest BCUT2D eigenvalue weighted by Gasteiger charge is 2.17. The van der Waals surface area contributed by atoms with Crippen LogP contribution in [0.2, 0.25) is 0 Å². The Labute approximate surface area is 182 Å². The maximum atomic E-state index is 13.2. The lowest BCUT2D eigenvalue weighted by atomic mass is 10.1. The second kappa shape index (κ2) is 11.2. The zero-order chi connectivity index (χ0) is 23.0. The Bertz CT molecular complexity index is 980. The molecular weight excluding hydrogens is 426 g/mol. The first-order chi connectivity index (χ1) is 14.6. The number of carbonyl (C=O) groups is 1. The summed E-state index contributed by atoms with van der Waals surface area (Å²) in [7, 11) is -4.03. The molecule has 1 amide bonds. The predicted molar refractivity (Wildman–Crippen MR) is 114 cm³/mol. The van der Waals surface area contributed by atoms with E-state index in [0.29, 0.717) is 6.07 Å². The van der Waals surface area contributed by atoms with E-state index in [1.807, 2.05) is 45.0 Å². The smallest absolute Gasteiger partial charge is 0.240 e. The van der Waals surface area contributed by atoms with Crippen molar-refractivity contribution in [2.45, 2.75) is 57.1 Å². The maximum absolute atomic E-state index is 13.2. The van der Waals surface area contributed by atoms with Gasteiger partial charge in [0.2, 0.25) is 15.9 Å². The standard InChI is InChI=1S/C22H28F2N2O4S/c1-15(2)30-18-8-6-17(7-9-18)5-4-16(3)26-22(27)12-13-25-31(28,29)19-10-11-20(23)21(24)14-19/h6-11,14-16,25H,4-5,12-13H2,1-3H3,(H,26,27). The van der Waals surface area contributed by atoms with Gasteiger partial charge in [0.25, 0.3) is 0 Å². The number of benzene rings is 2. The maximum Gasteiger partial charge on any atom is 0.240 e. The molecule has 170 valence electrons. The van der Waals surface area contributed by atoms with Crippen LogP contribution >= 0.6 is 0 Å². The van der Waals surface area contributed by atoms with Gasteiger partial charge in [-0.2, -0.15) is 0 Å². The van der Waals surface area contributed by atoms with Gasteiger partial charge in [0.15, 0.2) is 11.6 Å². The van der Waals surface area contributed by atoms with Gasteiger partial charge in [-0.15, -0.1) is 0 Å². The van der Waals surface area contributed by atoms with Crippen LogP contribution in [0.25, 0.3) is 0 Å². The first-order valence-electron chi connectivity index (χ1n) is 10.1. The average Bonchev–Trinajstić information content (AvgIpc) is 2.69. The van der Waals surface area contributed by atoms with Crippen LogP contribution in [-0.2, 0) is 21.2 Å². The second-order valence-corrected chi connectivity index (χ2v) is 9.31. The molecule has 9 heteroatoms. The minimum absolute atomic E-state index is 0.0749. The minimum atomic E-state index is -4.03. The van der Waals surface area contributed by atoms with Crippen molar-refractivity contribution in [3.05, 3.63) is 59.7 Å². The summed E-state index contributed by atoms with van der Waals surface area (Å²) in [5.41, 5.74) is 1.12. The Kier molecular flexibility index (Phi) is 8.94. The highest BCUT2D eigenvalue weighted by molar-refractivity contribution is 7.89. The zero-order valence-electron chi connectivity index (χ0n) is 17.8. The Hall–Kier alpha value is -2.52. The summed E-state index contributed by atoms with van der Waals surface area (Å²) in [6, 6.07) is 10.0. The van der Waals surface area contributed by atoms with Crippen LogP contribution in [0.1, 0.15) is 39.2 Å². The van der Waals surface area contributed by atoms with Crippen LogP contribution in [-0.4, -0.2) is 33.0 Å². The number of nitrogens with one attached hydrogen (secondary N) is 2. The van der Waals surface area contributed by atoms with Crippen molar-refractivity contribution in [2.24, 2.45) is 0 Å². The first-order valence-corrected chi connectivity index (χ1v) is 11.5. The molecule has 31 heavy (non-hydrogen) atoms. The number of aryl methyl sites for hydroxylation is 1. The van der Waals surface area contributed by atoms with Gasteiger partial charge in [-0.25, -0.2) is 21.9 Å². The largest absolute Gasteiger partial charge is 0.491 e. The summed E-state index contributed by atoms with van der Waals surface area (Å²) in [5, 5.41) is 2.82. The number of sulfonamides is 1. The van der Waals surface area contributed by atoms with E-state index in [1.165, 1.54) is 0 Å². The van der Waals surface area contributed by atoms with Crippen molar-refractivity contribution in [3.8, 4) is 5.75 Å². The SMILES string of the molecule is CC(CCc1ccc(OC(C)C)cc1)NC(=O)CCNS(=O)(=O)c1ccc(F)c(F)c1. The van der Waals surface area contributed by atoms with E-state index in [9.17, 15) is 22.0 Å². The lowest BCUT2D eigenvalue weighted by Crippen LogP contribution is -2.35. The highest BCUT2D eigenvalue weighted by atomic mass is 32.2. The Morgan fingerprint density at radius 1 is 1.03 bits per heavy atom. The average molecular weight is 455 g/mol. The van der Waals surface area contributed by atoms with Gasteiger partial charge < -0.3 is 10.1 Å². The van der Waals surface area contributed by atoms with E-state index >= 15 is 0 Å². The van der Waals surface area contributed by atoms with E-state index in [2.05, 4.69) is 10.0 Å². The number of hydrogen-bond donors (Lipinski definition) is 2. The van der Waals surface area contributed by atoms with E-state index in [4.69, 9.17) is 4.74 Å². The monoisotopic (exact) mass is 454 g/mol. The topological polar surface area (TPSA) is 84.5 Å². The number of carbonyl (C=O) groups excluding carboxylic acids is 1. The van der Waals surface area contributed by atoms with E-state index in [1.54, 1.807) is 0 Å². The third-order valence-electron chi connectivity index (χ3n) is 4.41. The third-order valence-corrected chi connectivity index (χ3v) is 5.87. The van der Waals surface area contributed by atoms with E-state index in [0.717, 1.165) is 36.3 Å². The molecule has 2 aromatic carbocycles. The third kappa shape index (κ3) is 8.26. The lowest BCUT2D eigenvalue weighted by molar-refractivity contribution is -0.121. The van der Waals surface area contributed by atoms with Crippen molar-refractivity contribution in [2.75, 3.05) is 6.54 Å². The fourth-order valence-electron chi connectivity index (χ4n) is 2.84. The molecule has 6 nitrogen and oxygen atoms in total. The molecule has 2 N–H and O–H groups in total. The van der Waals surface area contributed by atoms with Crippen molar-refractivity contribution in [1.82, 2.24) is 10.0 Å². The molecule has 0 aliphatic carbocycles. The van der Waals surface area contributed by atoms with Gasteiger partial charge in [-0.1, -0.05) is 12.1 Å². The van der Waals surface area contributed by atoms with Crippen molar-refractivity contribution in [1.29, 1.82) is 0 Å². The molecule has 2 rings (SSSR count). The van der Waals surface area contributed by atoms with Crippen molar-refractivity contribution >= 4 is 15.9 Å². The summed E-state index contributed by atoms with van der Waals surface area (Å²) in [6.07, 6.45) is 1.53. The first kappa shape index (κ1) is 24.7. The molecule has 0 aliphatic heterocycles. The zero-order valence-corrected chi connectivity index (χ0v) is 18.6. The fraction of sp³-hybridized carbons (Fsp3) is 0.409. The summed E-state index contributed by atoms with van der Waals surface area (Å²) in [5.74, 6) is -1.88. The molecular formula is C22H28F2N2O4S. The van der Waals surface area contributed by atoms with Crippen molar-refractivity contribution < 1.29 is 26.7 Å². The molecule has 0 bridgehead atoms. The second-order valence-electron chi connectivity index (χ2n) is 7.54. The molecule has 0 heterocycles. The Morgan fingerprint density at radius 3 is 2.32 bits per heavy atom. The summed E-state index contributed by atoms with van der Waals surface area (Å²) >= 11 is 0. The minimum Gasteiger partial charge on any atom is -0.491 e. The van der Waals surface area contributed by atoms with Crippen LogP contribution in [0.3, 0.4) is 0 Å². The molecule has 0 saturated carbocycles. The molecule has 0 spiro atoms. The van der Waals surface area contributed by atoms with Gasteiger partial charge in [-0.3, -0.25) is 4.79 Å². The summed E-state index contributed by atoms with van der Waals surface area (Å²) < 4.78 is 58.2. The highest BCUT2D eigenvalue weighted by Crippen LogP contribution is 2.16. The predicted octanol–water partition coefficient (Wildman–Crippen LogP) is 3.56. The van der Waals surface area contributed by atoms with Crippen LogP contribution < -0.4 is 14.8 Å². The number of amides is 1. The molecule has 0 aromatic heterocycles. The van der Waals surface area contributed by atoms with Gasteiger partial charge in [0.1, 0.15) is 5.75 Å². The summed E-state index contributed by atoms with van der Waals surface area (Å²) in [4.78, 5) is 11.7. The van der Waals surface area contributed by atoms with Gasteiger partial charge in [0.05, 0.1) is 11.0 Å². The normalized spacial score (nSPS) is 12.6. The van der Waals surface area contributed by atoms with Gasteiger partial charge in [-0.05, 0) is 69.5 Å². The molecule has 0 aliphatic rings. The molecule has 2 aromatic rings. The van der Waals surface area contributed by atoms with Crippen LogP contribution in [0, 0.1) is 11.6 Å². The molecule has 1 atom stereocenters. The van der Waals surface area contributed by atoms with Crippen molar-refractivity contribution in [3.63, 3.8) is 0 Å². The molecule has 0 radical (unpaired) electrons. The van der Waals surface area contributed by atoms with E-state index < -0.39 is 26.6 Å². The summed E-state index contributed by atoms with van der Waals surface area (Å²) in [6.45, 7) is 5.65. The quantitative estimate of drug-likeness (QED) is 0.544. The molecule has 0 saturated heterocycles. The van der Waals surface area contributed by atoms with E-state index in [-0.39, 0.29) is 31.0 Å². The number of halogens is 2. The van der Waals surface area contributed by atoms with Gasteiger partial charge in [0, 0.05) is 19.0 Å².